The second-order valence-corrected chi connectivity index (χ2v) is 1.25. The van der Waals surface area contributed by atoms with Gasteiger partial charge in [0.05, 0.1) is 0 Å². The topological polar surface area (TPSA) is 24.7 Å². The predicted molar refractivity (Wildman–Crippen MR) is 33.4 cm³/mol. The van der Waals surface area contributed by atoms with Gasteiger partial charge in [-0.15, -0.1) is 0 Å². The van der Waals surface area contributed by atoms with Gasteiger partial charge in [-0.3, -0.25) is 9.98 Å². The van der Waals surface area contributed by atoms with Crippen molar-refractivity contribution >= 4 is 11.9 Å². The third kappa shape index (κ3) is 3.16. The molecule has 0 amide bonds. The number of nitrogens with zero attached hydrogens (tertiary/aromatic N) is 2. The molecule has 2 heteroatoms. The lowest BCUT2D eigenvalue weighted by molar-refractivity contribution is 1.43. The fourth-order valence-corrected chi connectivity index (χ4v) is 0.245. The van der Waals surface area contributed by atoms with Gasteiger partial charge in [0.2, 0.25) is 0 Å². The molecule has 0 radical (unpaired) electrons. The average Bonchev–Trinajstić information content (AvgIpc) is 1.68. The van der Waals surface area contributed by atoms with Gasteiger partial charge in [0, 0.05) is 26.0 Å². The van der Waals surface area contributed by atoms with E-state index in [0.29, 0.717) is 0 Å². The molecule has 0 heterocycles. The molecule has 40 valence electrons. The van der Waals surface area contributed by atoms with Crippen LogP contribution < -0.4 is 0 Å². The smallest absolute Gasteiger partial charge is 0.0491 e. The molecular weight excluding hydrogens is 88.1 g/mol. The van der Waals surface area contributed by atoms with Crippen molar-refractivity contribution < 1.29 is 0 Å². The van der Waals surface area contributed by atoms with E-state index in [1.807, 2.05) is 6.92 Å². The van der Waals surface area contributed by atoms with Gasteiger partial charge in [-0.1, -0.05) is 0 Å². The van der Waals surface area contributed by atoms with Crippen molar-refractivity contribution in [2.75, 3.05) is 14.1 Å². The van der Waals surface area contributed by atoms with E-state index in [2.05, 4.69) is 9.98 Å². The fourth-order valence-electron chi connectivity index (χ4n) is 0.245. The maximum Gasteiger partial charge on any atom is 0.0491 e. The van der Waals surface area contributed by atoms with Crippen LogP contribution in [-0.4, -0.2) is 26.0 Å². The number of rotatable bonds is 1. The fraction of sp³-hybridized carbons (Fsp3) is 0.600. The van der Waals surface area contributed by atoms with E-state index in [1.165, 1.54) is 0 Å². The number of hydrogen-bond acceptors (Lipinski definition) is 2. The SMILES string of the molecule is C/N=C\C(C)=N/C. The van der Waals surface area contributed by atoms with Crippen LogP contribution in [0.3, 0.4) is 0 Å². The Balaban J connectivity index is 3.58. The second-order valence-electron chi connectivity index (χ2n) is 1.25. The molecule has 0 unspecified atom stereocenters. The highest BCUT2D eigenvalue weighted by atomic mass is 14.7. The van der Waals surface area contributed by atoms with E-state index in [9.17, 15) is 0 Å². The maximum atomic E-state index is 3.85. The normalized spacial score (nSPS) is 13.3. The third-order valence-corrected chi connectivity index (χ3v) is 0.669. The molecule has 0 aliphatic heterocycles. The lowest BCUT2D eigenvalue weighted by Crippen LogP contribution is -1.89. The summed E-state index contributed by atoms with van der Waals surface area (Å²) in [5.74, 6) is 0. The monoisotopic (exact) mass is 98.1 g/mol. The predicted octanol–water partition coefficient (Wildman–Crippen LogP) is 0.778. The first kappa shape index (κ1) is 6.34. The van der Waals surface area contributed by atoms with Crippen LogP contribution in [0.4, 0.5) is 0 Å². The Kier molecular flexibility index (Phi) is 3.19. The van der Waals surface area contributed by atoms with Crippen molar-refractivity contribution in [1.82, 2.24) is 0 Å². The number of hydrogen-bond donors (Lipinski definition) is 0. The van der Waals surface area contributed by atoms with E-state index in [0.717, 1.165) is 5.71 Å². The number of aliphatic imine (C=N–C) groups is 2. The van der Waals surface area contributed by atoms with Crippen molar-refractivity contribution in [3.8, 4) is 0 Å². The van der Waals surface area contributed by atoms with Crippen LogP contribution in [0.5, 0.6) is 0 Å². The molecule has 0 aromatic rings. The van der Waals surface area contributed by atoms with Crippen LogP contribution in [0.25, 0.3) is 0 Å². The molecular formula is C5H10N2. The molecule has 0 aromatic carbocycles. The largest absolute Gasteiger partial charge is 0.295 e. The Bertz CT molecular complexity index is 92.3. The molecule has 0 atom stereocenters. The molecule has 7 heavy (non-hydrogen) atoms. The first-order valence-corrected chi connectivity index (χ1v) is 2.16. The molecule has 0 fully saturated rings. The first-order valence-electron chi connectivity index (χ1n) is 2.16. The molecule has 0 rings (SSSR count). The minimum absolute atomic E-state index is 0.961. The van der Waals surface area contributed by atoms with E-state index in [1.54, 1.807) is 20.3 Å². The lowest BCUT2D eigenvalue weighted by atomic mass is 10.5. The van der Waals surface area contributed by atoms with E-state index >= 15 is 0 Å². The van der Waals surface area contributed by atoms with Crippen molar-refractivity contribution in [3.05, 3.63) is 0 Å². The minimum Gasteiger partial charge on any atom is -0.295 e. The van der Waals surface area contributed by atoms with Gasteiger partial charge in [-0.25, -0.2) is 0 Å². The summed E-state index contributed by atoms with van der Waals surface area (Å²) >= 11 is 0. The summed E-state index contributed by atoms with van der Waals surface area (Å²) in [7, 11) is 3.48. The maximum absolute atomic E-state index is 3.85. The van der Waals surface area contributed by atoms with Crippen LogP contribution in [0.2, 0.25) is 0 Å². The Morgan fingerprint density at radius 3 is 2.14 bits per heavy atom. The Labute approximate surface area is 44.0 Å². The summed E-state index contributed by atoms with van der Waals surface area (Å²) in [6, 6.07) is 0. The Morgan fingerprint density at radius 1 is 1.43 bits per heavy atom. The first-order chi connectivity index (χ1) is 3.31. The van der Waals surface area contributed by atoms with Crippen molar-refractivity contribution in [2.24, 2.45) is 9.98 Å². The van der Waals surface area contributed by atoms with E-state index in [4.69, 9.17) is 0 Å². The summed E-state index contributed by atoms with van der Waals surface area (Å²) in [5, 5.41) is 0. The van der Waals surface area contributed by atoms with Crippen LogP contribution >= 0.6 is 0 Å². The quantitative estimate of drug-likeness (QED) is 0.433. The second kappa shape index (κ2) is 3.53. The van der Waals surface area contributed by atoms with Crippen LogP contribution in [0, 0.1) is 0 Å². The van der Waals surface area contributed by atoms with Gasteiger partial charge >= 0.3 is 0 Å². The highest BCUT2D eigenvalue weighted by Gasteiger charge is 1.73. The molecule has 0 aromatic heterocycles. The average molecular weight is 98.1 g/mol. The molecule has 0 bridgehead atoms. The zero-order chi connectivity index (χ0) is 5.70. The third-order valence-electron chi connectivity index (χ3n) is 0.669. The van der Waals surface area contributed by atoms with Gasteiger partial charge < -0.3 is 0 Å². The highest BCUT2D eigenvalue weighted by molar-refractivity contribution is 6.29. The molecule has 0 saturated heterocycles. The van der Waals surface area contributed by atoms with E-state index in [-0.39, 0.29) is 0 Å². The van der Waals surface area contributed by atoms with Gasteiger partial charge in [0.25, 0.3) is 0 Å². The summed E-state index contributed by atoms with van der Waals surface area (Å²) in [6.07, 6.45) is 1.72. The molecule has 0 N–H and O–H groups in total. The Hall–Kier alpha value is -0.660. The molecule has 0 spiro atoms. The summed E-state index contributed by atoms with van der Waals surface area (Å²) in [4.78, 5) is 7.60. The van der Waals surface area contributed by atoms with E-state index < -0.39 is 0 Å². The zero-order valence-corrected chi connectivity index (χ0v) is 4.97. The molecule has 0 aliphatic rings. The van der Waals surface area contributed by atoms with Crippen LogP contribution in [-0.2, 0) is 0 Å². The lowest BCUT2D eigenvalue weighted by Gasteiger charge is -1.80. The molecule has 0 aliphatic carbocycles. The zero-order valence-electron chi connectivity index (χ0n) is 4.97. The van der Waals surface area contributed by atoms with Gasteiger partial charge in [0.15, 0.2) is 0 Å². The summed E-state index contributed by atoms with van der Waals surface area (Å²) in [5.41, 5.74) is 0.961. The summed E-state index contributed by atoms with van der Waals surface area (Å²) < 4.78 is 0. The van der Waals surface area contributed by atoms with Gasteiger partial charge in [-0.05, 0) is 6.92 Å². The van der Waals surface area contributed by atoms with Gasteiger partial charge in [-0.2, -0.15) is 0 Å². The minimum atomic E-state index is 0.961. The molecule has 0 saturated carbocycles. The van der Waals surface area contributed by atoms with Crippen molar-refractivity contribution in [1.29, 1.82) is 0 Å². The Morgan fingerprint density at radius 2 is 2.00 bits per heavy atom. The van der Waals surface area contributed by atoms with Gasteiger partial charge in [0.1, 0.15) is 0 Å². The standard InChI is InChI=1S/C5H10N2/c1-5(7-3)4-6-2/h4H,1-3H3/b6-4-,7-5-. The summed E-state index contributed by atoms with van der Waals surface area (Å²) in [6.45, 7) is 1.91. The van der Waals surface area contributed by atoms with Crippen molar-refractivity contribution in [2.45, 2.75) is 6.92 Å². The van der Waals surface area contributed by atoms with Crippen LogP contribution in [0.1, 0.15) is 6.92 Å². The van der Waals surface area contributed by atoms with Crippen molar-refractivity contribution in [3.63, 3.8) is 0 Å². The van der Waals surface area contributed by atoms with Crippen LogP contribution in [0.15, 0.2) is 9.98 Å². The highest BCUT2D eigenvalue weighted by Crippen LogP contribution is 1.65. The molecule has 2 nitrogen and oxygen atoms in total.